The lowest BCUT2D eigenvalue weighted by atomic mass is 9.95. The third-order valence-electron chi connectivity index (χ3n) is 3.44. The van der Waals surface area contributed by atoms with Crippen molar-refractivity contribution in [1.29, 1.82) is 0 Å². The fourth-order valence-electron chi connectivity index (χ4n) is 2.52. The van der Waals surface area contributed by atoms with Crippen molar-refractivity contribution in [3.8, 4) is 5.75 Å². The standard InChI is InChI=1S/C15H15NO/c1-10-4-2-3-5-13(10)15-14-8-12(17)7-6-11(14)9-16-15/h2-8,15-17H,9H2,1H3. The van der Waals surface area contributed by atoms with Gasteiger partial charge in [-0.1, -0.05) is 30.3 Å². The molecule has 2 N–H and O–H groups in total. The van der Waals surface area contributed by atoms with E-state index < -0.39 is 0 Å². The summed E-state index contributed by atoms with van der Waals surface area (Å²) in [4.78, 5) is 0. The Hall–Kier alpha value is -1.80. The molecule has 0 saturated heterocycles. The van der Waals surface area contributed by atoms with Gasteiger partial charge in [0.05, 0.1) is 6.04 Å². The van der Waals surface area contributed by atoms with Crippen LogP contribution in [0.4, 0.5) is 0 Å². The van der Waals surface area contributed by atoms with Crippen LogP contribution >= 0.6 is 0 Å². The molecule has 1 unspecified atom stereocenters. The molecule has 2 nitrogen and oxygen atoms in total. The number of hydrogen-bond donors (Lipinski definition) is 2. The highest BCUT2D eigenvalue weighted by Crippen LogP contribution is 2.34. The molecule has 2 aromatic rings. The van der Waals surface area contributed by atoms with Crippen LogP contribution in [0.15, 0.2) is 42.5 Å². The lowest BCUT2D eigenvalue weighted by molar-refractivity contribution is 0.474. The Morgan fingerprint density at radius 2 is 1.94 bits per heavy atom. The molecule has 0 spiro atoms. The van der Waals surface area contributed by atoms with Gasteiger partial charge in [0.25, 0.3) is 0 Å². The Bertz CT molecular complexity index is 563. The number of phenols is 1. The second kappa shape index (κ2) is 3.90. The van der Waals surface area contributed by atoms with Gasteiger partial charge in [0, 0.05) is 6.54 Å². The first-order chi connectivity index (χ1) is 8.25. The first-order valence-electron chi connectivity index (χ1n) is 5.86. The topological polar surface area (TPSA) is 32.3 Å². The largest absolute Gasteiger partial charge is 0.508 e. The van der Waals surface area contributed by atoms with Gasteiger partial charge in [0.1, 0.15) is 5.75 Å². The van der Waals surface area contributed by atoms with E-state index in [1.54, 1.807) is 6.07 Å². The highest BCUT2D eigenvalue weighted by Gasteiger charge is 2.24. The second-order valence-electron chi connectivity index (χ2n) is 4.55. The normalized spacial score (nSPS) is 18.1. The van der Waals surface area contributed by atoms with Gasteiger partial charge in [0.15, 0.2) is 0 Å². The van der Waals surface area contributed by atoms with Gasteiger partial charge in [-0.15, -0.1) is 0 Å². The molecule has 0 saturated carbocycles. The van der Waals surface area contributed by atoms with Gasteiger partial charge in [-0.05, 0) is 41.3 Å². The van der Waals surface area contributed by atoms with Crippen LogP contribution in [0.3, 0.4) is 0 Å². The van der Waals surface area contributed by atoms with Crippen LogP contribution in [0.25, 0.3) is 0 Å². The van der Waals surface area contributed by atoms with Crippen LogP contribution in [-0.2, 0) is 6.54 Å². The summed E-state index contributed by atoms with van der Waals surface area (Å²) in [5.41, 5.74) is 5.04. The SMILES string of the molecule is Cc1ccccc1C1NCc2ccc(O)cc21. The molecule has 0 bridgehead atoms. The third kappa shape index (κ3) is 1.71. The lowest BCUT2D eigenvalue weighted by Crippen LogP contribution is -2.14. The van der Waals surface area contributed by atoms with Crippen LogP contribution in [0.2, 0.25) is 0 Å². The highest BCUT2D eigenvalue weighted by molar-refractivity contribution is 5.46. The van der Waals surface area contributed by atoms with E-state index in [1.165, 1.54) is 22.3 Å². The van der Waals surface area contributed by atoms with Crippen molar-refractivity contribution in [2.75, 3.05) is 0 Å². The molecule has 0 fully saturated rings. The summed E-state index contributed by atoms with van der Waals surface area (Å²) >= 11 is 0. The fraction of sp³-hybridized carbons (Fsp3) is 0.200. The molecular weight excluding hydrogens is 210 g/mol. The first kappa shape index (κ1) is 10.4. The van der Waals surface area contributed by atoms with Crippen molar-refractivity contribution in [2.24, 2.45) is 0 Å². The fourth-order valence-corrected chi connectivity index (χ4v) is 2.52. The minimum Gasteiger partial charge on any atom is -0.508 e. The third-order valence-corrected chi connectivity index (χ3v) is 3.44. The summed E-state index contributed by atoms with van der Waals surface area (Å²) in [5, 5.41) is 13.1. The van der Waals surface area contributed by atoms with Gasteiger partial charge in [-0.3, -0.25) is 0 Å². The molecule has 1 atom stereocenters. The van der Waals surface area contributed by atoms with E-state index in [0.717, 1.165) is 6.54 Å². The maximum atomic E-state index is 9.60. The van der Waals surface area contributed by atoms with Crippen molar-refractivity contribution >= 4 is 0 Å². The van der Waals surface area contributed by atoms with E-state index >= 15 is 0 Å². The van der Waals surface area contributed by atoms with Crippen LogP contribution in [0.5, 0.6) is 5.75 Å². The molecule has 2 heteroatoms. The molecule has 0 aliphatic carbocycles. The first-order valence-corrected chi connectivity index (χ1v) is 5.86. The molecule has 17 heavy (non-hydrogen) atoms. The Morgan fingerprint density at radius 3 is 2.76 bits per heavy atom. The smallest absolute Gasteiger partial charge is 0.115 e. The zero-order valence-electron chi connectivity index (χ0n) is 9.77. The van der Waals surface area contributed by atoms with E-state index in [-0.39, 0.29) is 6.04 Å². The van der Waals surface area contributed by atoms with Crippen molar-refractivity contribution in [3.05, 3.63) is 64.7 Å². The Labute approximate surface area is 101 Å². The average molecular weight is 225 g/mol. The maximum absolute atomic E-state index is 9.60. The average Bonchev–Trinajstić information content (AvgIpc) is 2.72. The number of rotatable bonds is 1. The highest BCUT2D eigenvalue weighted by atomic mass is 16.3. The van der Waals surface area contributed by atoms with E-state index in [1.807, 2.05) is 12.1 Å². The summed E-state index contributed by atoms with van der Waals surface area (Å²) in [6.07, 6.45) is 0. The zero-order valence-corrected chi connectivity index (χ0v) is 9.77. The molecule has 1 aliphatic heterocycles. The predicted molar refractivity (Wildman–Crippen MR) is 68.0 cm³/mol. The van der Waals surface area contributed by atoms with Crippen molar-refractivity contribution in [1.82, 2.24) is 5.32 Å². The van der Waals surface area contributed by atoms with E-state index in [0.29, 0.717) is 5.75 Å². The molecule has 2 aromatic carbocycles. The lowest BCUT2D eigenvalue weighted by Gasteiger charge is -2.15. The minimum atomic E-state index is 0.207. The monoisotopic (exact) mass is 225 g/mol. The summed E-state index contributed by atoms with van der Waals surface area (Å²) in [7, 11) is 0. The van der Waals surface area contributed by atoms with Gasteiger partial charge in [-0.25, -0.2) is 0 Å². The summed E-state index contributed by atoms with van der Waals surface area (Å²) in [6, 6.07) is 14.2. The Balaban J connectivity index is 2.10. The summed E-state index contributed by atoms with van der Waals surface area (Å²) in [6.45, 7) is 2.99. The molecule has 1 aliphatic rings. The molecule has 0 radical (unpaired) electrons. The maximum Gasteiger partial charge on any atom is 0.115 e. The Kier molecular flexibility index (Phi) is 2.37. The van der Waals surface area contributed by atoms with Crippen LogP contribution in [0.1, 0.15) is 28.3 Å². The van der Waals surface area contributed by atoms with E-state index in [2.05, 4.69) is 36.5 Å². The van der Waals surface area contributed by atoms with Gasteiger partial charge < -0.3 is 10.4 Å². The number of hydrogen-bond acceptors (Lipinski definition) is 2. The Morgan fingerprint density at radius 1 is 1.12 bits per heavy atom. The van der Waals surface area contributed by atoms with Gasteiger partial charge >= 0.3 is 0 Å². The van der Waals surface area contributed by atoms with Crippen LogP contribution < -0.4 is 5.32 Å². The van der Waals surface area contributed by atoms with Crippen molar-refractivity contribution < 1.29 is 5.11 Å². The molecular formula is C15H15NO. The quantitative estimate of drug-likeness (QED) is 0.782. The number of aryl methyl sites for hydroxylation is 1. The second-order valence-corrected chi connectivity index (χ2v) is 4.55. The van der Waals surface area contributed by atoms with Crippen molar-refractivity contribution in [3.63, 3.8) is 0 Å². The number of fused-ring (bicyclic) bond motifs is 1. The van der Waals surface area contributed by atoms with Crippen molar-refractivity contribution in [2.45, 2.75) is 19.5 Å². The van der Waals surface area contributed by atoms with Crippen LogP contribution in [0, 0.1) is 6.92 Å². The number of benzene rings is 2. The minimum absolute atomic E-state index is 0.207. The molecule has 0 amide bonds. The molecule has 1 heterocycles. The summed E-state index contributed by atoms with van der Waals surface area (Å²) in [5.74, 6) is 0.339. The number of aromatic hydroxyl groups is 1. The van der Waals surface area contributed by atoms with E-state index in [9.17, 15) is 5.11 Å². The zero-order chi connectivity index (χ0) is 11.8. The summed E-state index contributed by atoms with van der Waals surface area (Å²) < 4.78 is 0. The molecule has 3 rings (SSSR count). The number of phenolic OH excluding ortho intramolecular Hbond substituents is 1. The molecule has 0 aromatic heterocycles. The van der Waals surface area contributed by atoms with Gasteiger partial charge in [-0.2, -0.15) is 0 Å². The number of nitrogens with one attached hydrogen (secondary N) is 1. The van der Waals surface area contributed by atoms with E-state index in [4.69, 9.17) is 0 Å². The van der Waals surface area contributed by atoms with Crippen LogP contribution in [-0.4, -0.2) is 5.11 Å². The molecule has 86 valence electrons. The van der Waals surface area contributed by atoms with Gasteiger partial charge in [0.2, 0.25) is 0 Å². The predicted octanol–water partition coefficient (Wildman–Crippen LogP) is 2.89.